The average Bonchev–Trinajstić information content (AvgIpc) is 3.25. The van der Waals surface area contributed by atoms with E-state index >= 15 is 0 Å². The van der Waals surface area contributed by atoms with Crippen molar-refractivity contribution in [1.29, 1.82) is 0 Å². The molecule has 7 heteroatoms. The molecule has 0 fully saturated rings. The molecule has 0 saturated carbocycles. The van der Waals surface area contributed by atoms with Gasteiger partial charge in [-0.05, 0) is 48.7 Å². The SMILES string of the molecule is NCCCCNC(=O)Cc1onc(-c2ccc(Cl)o2)c1-c1ccccc1. The lowest BCUT2D eigenvalue weighted by atomic mass is 10.0. The summed E-state index contributed by atoms with van der Waals surface area (Å²) >= 11 is 5.88. The van der Waals surface area contributed by atoms with E-state index in [1.54, 1.807) is 12.1 Å². The molecular weight excluding hydrogens is 354 g/mol. The fourth-order valence-electron chi connectivity index (χ4n) is 2.66. The molecule has 2 aromatic heterocycles. The summed E-state index contributed by atoms with van der Waals surface area (Å²) in [4.78, 5) is 12.2. The molecule has 0 saturated heterocycles. The van der Waals surface area contributed by atoms with E-state index in [0.29, 0.717) is 30.3 Å². The summed E-state index contributed by atoms with van der Waals surface area (Å²) in [6.07, 6.45) is 1.82. The number of carbonyl (C=O) groups excluding carboxylic acids is 1. The summed E-state index contributed by atoms with van der Waals surface area (Å²) in [6, 6.07) is 13.0. The number of hydrogen-bond donors (Lipinski definition) is 2. The number of hydrogen-bond acceptors (Lipinski definition) is 5. The van der Waals surface area contributed by atoms with Gasteiger partial charge >= 0.3 is 0 Å². The van der Waals surface area contributed by atoms with Crippen LogP contribution in [-0.2, 0) is 11.2 Å². The van der Waals surface area contributed by atoms with E-state index in [4.69, 9.17) is 26.3 Å². The molecule has 1 aromatic carbocycles. The van der Waals surface area contributed by atoms with E-state index in [-0.39, 0.29) is 17.5 Å². The van der Waals surface area contributed by atoms with Crippen LogP contribution in [-0.4, -0.2) is 24.2 Å². The lowest BCUT2D eigenvalue weighted by Crippen LogP contribution is -2.26. The Hall–Kier alpha value is -2.57. The Morgan fingerprint density at radius 1 is 1.15 bits per heavy atom. The van der Waals surface area contributed by atoms with Crippen LogP contribution in [0, 0.1) is 0 Å². The molecule has 0 aliphatic carbocycles. The number of benzene rings is 1. The molecule has 0 bridgehead atoms. The molecule has 0 aliphatic heterocycles. The molecule has 3 aromatic rings. The first kappa shape index (κ1) is 18.2. The van der Waals surface area contributed by atoms with Crippen molar-refractivity contribution in [2.24, 2.45) is 5.73 Å². The molecular formula is C19H20ClN3O3. The van der Waals surface area contributed by atoms with Crippen molar-refractivity contribution in [2.45, 2.75) is 19.3 Å². The Bertz CT molecular complexity index is 858. The van der Waals surface area contributed by atoms with Crippen molar-refractivity contribution < 1.29 is 13.7 Å². The molecule has 6 nitrogen and oxygen atoms in total. The number of amides is 1. The van der Waals surface area contributed by atoms with Crippen LogP contribution in [0.5, 0.6) is 0 Å². The minimum atomic E-state index is -0.126. The van der Waals surface area contributed by atoms with Crippen molar-refractivity contribution in [2.75, 3.05) is 13.1 Å². The van der Waals surface area contributed by atoms with Gasteiger partial charge < -0.3 is 20.0 Å². The fraction of sp³-hybridized carbons (Fsp3) is 0.263. The maximum absolute atomic E-state index is 12.2. The van der Waals surface area contributed by atoms with Crippen LogP contribution in [0.2, 0.25) is 5.22 Å². The fourth-order valence-corrected chi connectivity index (χ4v) is 2.81. The highest BCUT2D eigenvalue weighted by molar-refractivity contribution is 6.29. The Labute approximate surface area is 156 Å². The Morgan fingerprint density at radius 2 is 1.96 bits per heavy atom. The standard InChI is InChI=1S/C19H20ClN3O3/c20-16-9-8-14(25-16)19-18(13-6-2-1-3-7-13)15(26-23-19)12-17(24)22-11-5-4-10-21/h1-3,6-9H,4-5,10-12,21H2,(H,22,24). The normalized spacial score (nSPS) is 10.8. The highest BCUT2D eigenvalue weighted by Gasteiger charge is 2.23. The zero-order valence-corrected chi connectivity index (χ0v) is 15.0. The topological polar surface area (TPSA) is 94.3 Å². The maximum Gasteiger partial charge on any atom is 0.227 e. The highest BCUT2D eigenvalue weighted by atomic mass is 35.5. The third-order valence-corrected chi connectivity index (χ3v) is 4.11. The van der Waals surface area contributed by atoms with Gasteiger partial charge in [0.1, 0.15) is 0 Å². The monoisotopic (exact) mass is 373 g/mol. The molecule has 2 heterocycles. The number of unbranched alkanes of at least 4 members (excludes halogenated alkanes) is 1. The van der Waals surface area contributed by atoms with Crippen LogP contribution < -0.4 is 11.1 Å². The lowest BCUT2D eigenvalue weighted by molar-refractivity contribution is -0.120. The number of nitrogens with one attached hydrogen (secondary N) is 1. The third kappa shape index (κ3) is 4.33. The zero-order valence-electron chi connectivity index (χ0n) is 14.2. The second-order valence-corrected chi connectivity index (χ2v) is 6.19. The first-order chi connectivity index (χ1) is 12.7. The van der Waals surface area contributed by atoms with E-state index in [1.165, 1.54) is 0 Å². The van der Waals surface area contributed by atoms with Gasteiger partial charge in [0.05, 0.1) is 12.0 Å². The van der Waals surface area contributed by atoms with Gasteiger partial charge in [0.25, 0.3) is 0 Å². The van der Waals surface area contributed by atoms with Crippen LogP contribution in [0.25, 0.3) is 22.6 Å². The van der Waals surface area contributed by atoms with E-state index in [2.05, 4.69) is 10.5 Å². The summed E-state index contributed by atoms with van der Waals surface area (Å²) in [6.45, 7) is 1.21. The quantitative estimate of drug-likeness (QED) is 0.588. The van der Waals surface area contributed by atoms with Crippen molar-refractivity contribution in [1.82, 2.24) is 10.5 Å². The number of aromatic nitrogens is 1. The predicted molar refractivity (Wildman–Crippen MR) is 99.7 cm³/mol. The summed E-state index contributed by atoms with van der Waals surface area (Å²) in [7, 11) is 0. The van der Waals surface area contributed by atoms with Crippen molar-refractivity contribution in [3.8, 4) is 22.6 Å². The van der Waals surface area contributed by atoms with Crippen LogP contribution in [0.1, 0.15) is 18.6 Å². The molecule has 0 radical (unpaired) electrons. The van der Waals surface area contributed by atoms with Gasteiger partial charge in [0.15, 0.2) is 22.4 Å². The molecule has 0 aliphatic rings. The second-order valence-electron chi connectivity index (χ2n) is 5.82. The van der Waals surface area contributed by atoms with Crippen molar-refractivity contribution in [3.63, 3.8) is 0 Å². The van der Waals surface area contributed by atoms with Gasteiger partial charge in [-0.2, -0.15) is 0 Å². The summed E-state index contributed by atoms with van der Waals surface area (Å²) in [5, 5.41) is 7.25. The third-order valence-electron chi connectivity index (χ3n) is 3.91. The second kappa shape index (κ2) is 8.69. The Morgan fingerprint density at radius 3 is 2.65 bits per heavy atom. The van der Waals surface area contributed by atoms with E-state index < -0.39 is 0 Å². The van der Waals surface area contributed by atoms with Gasteiger partial charge in [0.2, 0.25) is 5.91 Å². The summed E-state index contributed by atoms with van der Waals surface area (Å²) < 4.78 is 11.0. The molecule has 136 valence electrons. The molecule has 3 N–H and O–H groups in total. The van der Waals surface area contributed by atoms with Crippen molar-refractivity contribution in [3.05, 3.63) is 53.4 Å². The molecule has 0 spiro atoms. The molecule has 26 heavy (non-hydrogen) atoms. The molecule has 0 atom stereocenters. The van der Waals surface area contributed by atoms with Gasteiger partial charge in [0, 0.05) is 6.54 Å². The minimum absolute atomic E-state index is 0.0916. The highest BCUT2D eigenvalue weighted by Crippen LogP contribution is 2.36. The number of halogens is 1. The summed E-state index contributed by atoms with van der Waals surface area (Å²) in [5.74, 6) is 0.849. The first-order valence-corrected chi connectivity index (χ1v) is 8.83. The number of nitrogens with zero attached hydrogens (tertiary/aromatic N) is 1. The average molecular weight is 374 g/mol. The number of furan rings is 1. The van der Waals surface area contributed by atoms with Gasteiger partial charge in [-0.15, -0.1) is 0 Å². The van der Waals surface area contributed by atoms with Gasteiger partial charge in [-0.3, -0.25) is 4.79 Å². The van der Waals surface area contributed by atoms with Crippen LogP contribution in [0.15, 0.2) is 51.4 Å². The van der Waals surface area contributed by atoms with E-state index in [0.717, 1.165) is 24.0 Å². The molecule has 1 amide bonds. The van der Waals surface area contributed by atoms with Crippen molar-refractivity contribution >= 4 is 17.5 Å². The molecule has 3 rings (SSSR count). The number of rotatable bonds is 8. The van der Waals surface area contributed by atoms with Crippen LogP contribution >= 0.6 is 11.6 Å². The predicted octanol–water partition coefficient (Wildman–Crippen LogP) is 3.65. The number of nitrogens with two attached hydrogens (primary N) is 1. The van der Waals surface area contributed by atoms with E-state index in [9.17, 15) is 4.79 Å². The van der Waals surface area contributed by atoms with Crippen LogP contribution in [0.3, 0.4) is 0 Å². The first-order valence-electron chi connectivity index (χ1n) is 8.45. The maximum atomic E-state index is 12.2. The lowest BCUT2D eigenvalue weighted by Gasteiger charge is -2.05. The smallest absolute Gasteiger partial charge is 0.227 e. The Balaban J connectivity index is 1.86. The largest absolute Gasteiger partial charge is 0.443 e. The van der Waals surface area contributed by atoms with Crippen LogP contribution in [0.4, 0.5) is 0 Å². The van der Waals surface area contributed by atoms with Gasteiger partial charge in [-0.25, -0.2) is 0 Å². The van der Waals surface area contributed by atoms with Gasteiger partial charge in [-0.1, -0.05) is 35.5 Å². The minimum Gasteiger partial charge on any atom is -0.443 e. The number of carbonyl (C=O) groups is 1. The molecule has 0 unspecified atom stereocenters. The Kier molecular flexibility index (Phi) is 6.09. The zero-order chi connectivity index (χ0) is 18.4. The van der Waals surface area contributed by atoms with E-state index in [1.807, 2.05) is 30.3 Å². The summed E-state index contributed by atoms with van der Waals surface area (Å²) in [5.41, 5.74) is 7.60.